The Morgan fingerprint density at radius 2 is 2.04 bits per heavy atom. The minimum absolute atomic E-state index is 0.0724. The summed E-state index contributed by atoms with van der Waals surface area (Å²) in [5.41, 5.74) is 0.846. The Bertz CT molecular complexity index is 810. The topological polar surface area (TPSA) is 59.2 Å². The molecule has 2 aromatic heterocycles. The first-order valence-corrected chi connectivity index (χ1v) is 10.1. The number of fused-ring (bicyclic) bond motifs is 1. The SMILES string of the molecule is Cc1ncc2c(Cl)cc(C3(O)CN([C@H](CCC4OCCO4)C(C)C)C3)cn12. The number of nitrogens with zero attached hydrogens (tertiary/aromatic N) is 3. The number of hydrogen-bond donors (Lipinski definition) is 1. The van der Waals surface area contributed by atoms with Gasteiger partial charge in [0.2, 0.25) is 0 Å². The zero-order valence-corrected chi connectivity index (χ0v) is 16.9. The summed E-state index contributed by atoms with van der Waals surface area (Å²) in [6.45, 7) is 9.00. The molecular formula is C20H28ClN3O3. The van der Waals surface area contributed by atoms with Gasteiger partial charge in [-0.25, -0.2) is 4.98 Å². The molecule has 7 heteroatoms. The number of aromatic nitrogens is 2. The molecule has 2 fully saturated rings. The Morgan fingerprint density at radius 3 is 2.70 bits per heavy atom. The van der Waals surface area contributed by atoms with Crippen LogP contribution in [0.15, 0.2) is 18.5 Å². The summed E-state index contributed by atoms with van der Waals surface area (Å²) >= 11 is 6.42. The Labute approximate surface area is 165 Å². The molecule has 2 aliphatic rings. The number of rotatable bonds is 6. The Hall–Kier alpha value is -1.18. The lowest BCUT2D eigenvalue weighted by atomic mass is 9.83. The molecule has 0 spiro atoms. The number of ether oxygens (including phenoxy) is 2. The van der Waals surface area contributed by atoms with Gasteiger partial charge in [0.25, 0.3) is 0 Å². The van der Waals surface area contributed by atoms with Crippen molar-refractivity contribution in [3.63, 3.8) is 0 Å². The average Bonchev–Trinajstić information content (AvgIpc) is 3.23. The van der Waals surface area contributed by atoms with Crippen LogP contribution in [0.25, 0.3) is 5.52 Å². The van der Waals surface area contributed by atoms with Crippen molar-refractivity contribution in [2.24, 2.45) is 5.92 Å². The van der Waals surface area contributed by atoms with E-state index in [1.54, 1.807) is 6.20 Å². The van der Waals surface area contributed by atoms with Crippen molar-refractivity contribution in [1.29, 1.82) is 0 Å². The maximum atomic E-state index is 11.2. The molecule has 6 nitrogen and oxygen atoms in total. The zero-order chi connectivity index (χ0) is 19.2. The number of hydrogen-bond acceptors (Lipinski definition) is 5. The van der Waals surface area contributed by atoms with Gasteiger partial charge in [0, 0.05) is 30.9 Å². The predicted molar refractivity (Wildman–Crippen MR) is 104 cm³/mol. The molecule has 1 atom stereocenters. The minimum Gasteiger partial charge on any atom is -0.382 e. The molecular weight excluding hydrogens is 366 g/mol. The highest BCUT2D eigenvalue weighted by atomic mass is 35.5. The highest BCUT2D eigenvalue weighted by molar-refractivity contribution is 6.33. The maximum Gasteiger partial charge on any atom is 0.157 e. The van der Waals surface area contributed by atoms with E-state index in [0.29, 0.717) is 43.3 Å². The highest BCUT2D eigenvalue weighted by Crippen LogP contribution is 2.37. The third-order valence-corrected chi connectivity index (χ3v) is 6.17. The van der Waals surface area contributed by atoms with Gasteiger partial charge in [-0.05, 0) is 31.7 Å². The molecule has 0 amide bonds. The van der Waals surface area contributed by atoms with Crippen LogP contribution in [-0.2, 0) is 15.1 Å². The van der Waals surface area contributed by atoms with Crippen molar-refractivity contribution >= 4 is 17.1 Å². The van der Waals surface area contributed by atoms with E-state index in [4.69, 9.17) is 21.1 Å². The number of β-amino-alcohol motifs (C(OH)–C–C–N with tert-alkyl or cyclic N) is 1. The molecule has 4 heterocycles. The molecule has 0 saturated carbocycles. The van der Waals surface area contributed by atoms with Crippen molar-refractivity contribution < 1.29 is 14.6 Å². The molecule has 0 aromatic carbocycles. The van der Waals surface area contributed by atoms with E-state index in [0.717, 1.165) is 29.7 Å². The number of halogens is 1. The van der Waals surface area contributed by atoms with Crippen LogP contribution in [0.5, 0.6) is 0 Å². The van der Waals surface area contributed by atoms with Crippen LogP contribution in [0.1, 0.15) is 38.1 Å². The van der Waals surface area contributed by atoms with E-state index in [1.165, 1.54) is 0 Å². The molecule has 1 N–H and O–H groups in total. The summed E-state index contributed by atoms with van der Waals surface area (Å²) in [5.74, 6) is 1.36. The van der Waals surface area contributed by atoms with Gasteiger partial charge in [-0.1, -0.05) is 25.4 Å². The monoisotopic (exact) mass is 393 g/mol. The minimum atomic E-state index is -0.873. The second-order valence-electron chi connectivity index (χ2n) is 8.13. The summed E-state index contributed by atoms with van der Waals surface area (Å²) in [7, 11) is 0. The van der Waals surface area contributed by atoms with Crippen molar-refractivity contribution in [1.82, 2.24) is 14.3 Å². The number of likely N-dealkylation sites (tertiary alicyclic amines) is 1. The Morgan fingerprint density at radius 1 is 1.33 bits per heavy atom. The number of aryl methyl sites for hydroxylation is 1. The fourth-order valence-electron chi connectivity index (χ4n) is 4.30. The average molecular weight is 394 g/mol. The number of imidazole rings is 1. The van der Waals surface area contributed by atoms with Gasteiger partial charge in [0.05, 0.1) is 29.9 Å². The molecule has 0 bridgehead atoms. The summed E-state index contributed by atoms with van der Waals surface area (Å²) in [6.07, 6.45) is 5.55. The van der Waals surface area contributed by atoms with E-state index < -0.39 is 5.60 Å². The van der Waals surface area contributed by atoms with Crippen LogP contribution in [0.4, 0.5) is 0 Å². The van der Waals surface area contributed by atoms with Crippen LogP contribution in [0.2, 0.25) is 5.02 Å². The van der Waals surface area contributed by atoms with E-state index >= 15 is 0 Å². The third-order valence-electron chi connectivity index (χ3n) is 5.87. The van der Waals surface area contributed by atoms with E-state index in [2.05, 4.69) is 23.7 Å². The summed E-state index contributed by atoms with van der Waals surface area (Å²) in [6, 6.07) is 2.27. The normalized spacial score (nSPS) is 21.9. The fourth-order valence-corrected chi connectivity index (χ4v) is 4.55. The molecule has 4 rings (SSSR count). The van der Waals surface area contributed by atoms with Gasteiger partial charge < -0.3 is 19.0 Å². The maximum absolute atomic E-state index is 11.2. The lowest BCUT2D eigenvalue weighted by Gasteiger charge is -2.51. The quantitative estimate of drug-likeness (QED) is 0.817. The second-order valence-corrected chi connectivity index (χ2v) is 8.54. The first-order chi connectivity index (χ1) is 12.9. The van der Waals surface area contributed by atoms with Gasteiger partial charge in [0.15, 0.2) is 6.29 Å². The fraction of sp³-hybridized carbons (Fsp3) is 0.650. The molecule has 27 heavy (non-hydrogen) atoms. The van der Waals surface area contributed by atoms with Crippen LogP contribution in [0.3, 0.4) is 0 Å². The molecule has 148 valence electrons. The number of aliphatic hydroxyl groups is 1. The van der Waals surface area contributed by atoms with Crippen molar-refractivity contribution in [2.75, 3.05) is 26.3 Å². The van der Waals surface area contributed by atoms with E-state index in [-0.39, 0.29) is 6.29 Å². The van der Waals surface area contributed by atoms with E-state index in [1.807, 2.05) is 23.6 Å². The Balaban J connectivity index is 1.46. The van der Waals surface area contributed by atoms with Gasteiger partial charge >= 0.3 is 0 Å². The van der Waals surface area contributed by atoms with Gasteiger partial charge in [-0.3, -0.25) is 4.90 Å². The summed E-state index contributed by atoms with van der Waals surface area (Å²) in [5, 5.41) is 11.8. The lowest BCUT2D eigenvalue weighted by Crippen LogP contribution is -2.63. The van der Waals surface area contributed by atoms with Crippen LogP contribution in [0, 0.1) is 12.8 Å². The third kappa shape index (κ3) is 3.61. The first kappa shape index (κ1) is 19.2. The second kappa shape index (κ2) is 7.33. The standard InChI is InChI=1S/C20H28ClN3O3/c1-13(2)17(4-5-19-26-6-7-27-19)23-11-20(25,12-23)15-8-16(21)18-9-22-14(3)24(18)10-15/h8-10,13,17,19,25H,4-7,11-12H2,1-3H3/t17-/m1/s1. The van der Waals surface area contributed by atoms with Crippen molar-refractivity contribution in [3.8, 4) is 0 Å². The molecule has 0 radical (unpaired) electrons. The summed E-state index contributed by atoms with van der Waals surface area (Å²) in [4.78, 5) is 6.67. The van der Waals surface area contributed by atoms with Crippen molar-refractivity contribution in [2.45, 2.75) is 51.5 Å². The van der Waals surface area contributed by atoms with Crippen LogP contribution >= 0.6 is 11.6 Å². The first-order valence-electron chi connectivity index (χ1n) is 9.71. The lowest BCUT2D eigenvalue weighted by molar-refractivity contribution is -0.133. The van der Waals surface area contributed by atoms with Crippen LogP contribution < -0.4 is 0 Å². The van der Waals surface area contributed by atoms with E-state index in [9.17, 15) is 5.11 Å². The van der Waals surface area contributed by atoms with Gasteiger partial charge in [-0.15, -0.1) is 0 Å². The van der Waals surface area contributed by atoms with Crippen LogP contribution in [-0.4, -0.2) is 58.0 Å². The highest BCUT2D eigenvalue weighted by Gasteiger charge is 2.46. The molecule has 2 saturated heterocycles. The largest absolute Gasteiger partial charge is 0.382 e. The molecule has 0 aliphatic carbocycles. The van der Waals surface area contributed by atoms with Gasteiger partial charge in [-0.2, -0.15) is 0 Å². The number of pyridine rings is 1. The smallest absolute Gasteiger partial charge is 0.157 e. The predicted octanol–water partition coefficient (Wildman–Crippen LogP) is 2.98. The molecule has 2 aromatic rings. The van der Waals surface area contributed by atoms with Gasteiger partial charge in [0.1, 0.15) is 11.4 Å². The molecule has 0 unspecified atom stereocenters. The Kier molecular flexibility index (Phi) is 5.20. The molecule has 2 aliphatic heterocycles. The zero-order valence-electron chi connectivity index (χ0n) is 16.2. The summed E-state index contributed by atoms with van der Waals surface area (Å²) < 4.78 is 13.1. The van der Waals surface area contributed by atoms with Crippen molar-refractivity contribution in [3.05, 3.63) is 34.9 Å².